The first-order chi connectivity index (χ1) is 46.6. The van der Waals surface area contributed by atoms with Gasteiger partial charge in [0.25, 0.3) is 11.8 Å². The second-order valence-electron chi connectivity index (χ2n) is 27.6. The van der Waals surface area contributed by atoms with Crippen LogP contribution in [0.3, 0.4) is 0 Å². The maximum atomic E-state index is 14.2. The van der Waals surface area contributed by atoms with Crippen molar-refractivity contribution in [3.8, 4) is 0 Å². The molecule has 8 amide bonds. The third-order valence-electron chi connectivity index (χ3n) is 20.2. The fraction of sp³-hybridized carbons (Fsp3) is 0.714. The molecule has 27 nitrogen and oxygen atoms in total. The smallest absolute Gasteiger partial charge is 0.407 e. The molecular formula is C70H103N7O20. The van der Waals surface area contributed by atoms with Crippen molar-refractivity contribution in [2.75, 3.05) is 65.6 Å². The van der Waals surface area contributed by atoms with Crippen molar-refractivity contribution < 1.29 is 95.9 Å². The Morgan fingerprint density at radius 1 is 0.722 bits per heavy atom. The number of carbonyl (C=O) groups is 8. The minimum atomic E-state index is -1.09. The highest BCUT2D eigenvalue weighted by Gasteiger charge is 2.65. The van der Waals surface area contributed by atoms with Crippen molar-refractivity contribution in [2.24, 2.45) is 29.4 Å². The Bertz CT molecular complexity index is 2900. The van der Waals surface area contributed by atoms with Crippen LogP contribution in [-0.2, 0) is 82.7 Å². The first-order valence-corrected chi connectivity index (χ1v) is 34.8. The lowest BCUT2D eigenvalue weighted by Gasteiger charge is -2.41. The van der Waals surface area contributed by atoms with Gasteiger partial charge in [0.05, 0.1) is 112 Å². The van der Waals surface area contributed by atoms with Gasteiger partial charge in [0.15, 0.2) is 0 Å². The zero-order valence-corrected chi connectivity index (χ0v) is 56.6. The maximum Gasteiger partial charge on any atom is 0.407 e. The van der Waals surface area contributed by atoms with Gasteiger partial charge in [-0.1, -0.05) is 39.1 Å². The number of amides is 8. The second-order valence-corrected chi connectivity index (χ2v) is 27.6. The Kier molecular flexibility index (Phi) is 28.0. The van der Waals surface area contributed by atoms with Crippen LogP contribution in [0.15, 0.2) is 60.7 Å². The Balaban J connectivity index is 0.740. The minimum absolute atomic E-state index is 0.00293. The van der Waals surface area contributed by atoms with Crippen LogP contribution in [0.5, 0.6) is 0 Å². The summed E-state index contributed by atoms with van der Waals surface area (Å²) in [5.74, 6) is -3.42. The van der Waals surface area contributed by atoms with Gasteiger partial charge >= 0.3 is 12.1 Å². The highest BCUT2D eigenvalue weighted by molar-refractivity contribution is 6.12. The number of hydrogen-bond donors (Lipinski definition) is 8. The predicted octanol–water partition coefficient (Wildman–Crippen LogP) is 4.27. The SMILES string of the molecule is C=C1C[C@@H]2CC[C@@H](OC)CC(O)[C@H]3C4O[C@H]5CC[C@H](CC(=O)C[C@@H]6C[C@@H](C[C@@H](CNC(=O)OCc7ccc(NC(=O)[C@H](CCCNC(N)=O)NC(=O)[C@@H](NC(=O)CCOCCOCCN8C(=O)C=CC8=O)C(C)C)cc7)OC)O[C@H]6C[C@H]6O[C@H](CCC6=C)CC[C@@H]1O2)OC5[C@H](O)C43. The van der Waals surface area contributed by atoms with E-state index in [0.717, 1.165) is 54.6 Å². The van der Waals surface area contributed by atoms with E-state index in [1.165, 1.54) is 12.2 Å². The third-order valence-corrected chi connectivity index (χ3v) is 20.2. The molecule has 8 aliphatic rings. The molecule has 7 heterocycles. The van der Waals surface area contributed by atoms with E-state index in [0.29, 0.717) is 56.2 Å². The Labute approximate surface area is 568 Å². The number of primary amides is 1. The van der Waals surface area contributed by atoms with Crippen LogP contribution >= 0.6 is 0 Å². The molecule has 1 aliphatic carbocycles. The number of nitrogens with two attached hydrogens (primary N) is 1. The number of methoxy groups -OCH3 is 2. The van der Waals surface area contributed by atoms with Crippen LogP contribution in [0.4, 0.5) is 15.3 Å². The number of fused-ring (bicyclic) bond motifs is 7. The number of ether oxygens (including phenoxy) is 10. The molecule has 7 fully saturated rings. The third kappa shape index (κ3) is 21.6. The number of aliphatic hydroxyl groups excluding tert-OH is 2. The fourth-order valence-electron chi connectivity index (χ4n) is 14.7. The van der Waals surface area contributed by atoms with Gasteiger partial charge < -0.3 is 89.9 Å². The molecule has 9 rings (SSSR count). The van der Waals surface area contributed by atoms with Crippen LogP contribution in [0.25, 0.3) is 0 Å². The molecule has 7 aliphatic heterocycles. The summed E-state index contributed by atoms with van der Waals surface area (Å²) in [5.41, 5.74) is 8.31. The van der Waals surface area contributed by atoms with Gasteiger partial charge in [-0.25, -0.2) is 9.59 Å². The maximum absolute atomic E-state index is 14.2. The van der Waals surface area contributed by atoms with E-state index in [4.69, 9.17) is 53.1 Å². The average Bonchev–Trinajstić information content (AvgIpc) is 1.56. The number of anilines is 1. The Morgan fingerprint density at radius 2 is 1.44 bits per heavy atom. The summed E-state index contributed by atoms with van der Waals surface area (Å²) < 4.78 is 61.6. The molecule has 4 unspecified atom stereocenters. The molecule has 0 aromatic heterocycles. The summed E-state index contributed by atoms with van der Waals surface area (Å²) >= 11 is 0. The highest BCUT2D eigenvalue weighted by atomic mass is 16.6. The van der Waals surface area contributed by atoms with Gasteiger partial charge in [0.2, 0.25) is 17.7 Å². The van der Waals surface area contributed by atoms with E-state index in [2.05, 4.69) is 39.7 Å². The summed E-state index contributed by atoms with van der Waals surface area (Å²) in [4.78, 5) is 104. The summed E-state index contributed by atoms with van der Waals surface area (Å²) in [7, 11) is 3.23. The number of benzene rings is 1. The van der Waals surface area contributed by atoms with Gasteiger partial charge in [-0.05, 0) is 124 Å². The minimum Gasteiger partial charge on any atom is -0.445 e. The zero-order chi connectivity index (χ0) is 69.3. The summed E-state index contributed by atoms with van der Waals surface area (Å²) in [6.45, 7) is 13.0. The van der Waals surface area contributed by atoms with Crippen molar-refractivity contribution in [1.82, 2.24) is 26.2 Å². The molecule has 0 spiro atoms. The highest BCUT2D eigenvalue weighted by Crippen LogP contribution is 2.55. The van der Waals surface area contributed by atoms with Crippen molar-refractivity contribution in [2.45, 2.75) is 234 Å². The van der Waals surface area contributed by atoms with Gasteiger partial charge in [0.1, 0.15) is 30.6 Å². The topological polar surface area (TPSA) is 359 Å². The number of imide groups is 1. The van der Waals surface area contributed by atoms with Crippen molar-refractivity contribution in [3.63, 3.8) is 0 Å². The molecule has 6 saturated heterocycles. The lowest BCUT2D eigenvalue weighted by molar-refractivity contribution is -0.209. The quantitative estimate of drug-likeness (QED) is 0.0346. The van der Waals surface area contributed by atoms with Gasteiger partial charge in [-0.2, -0.15) is 0 Å². The van der Waals surface area contributed by atoms with E-state index in [1.54, 1.807) is 52.3 Å². The number of ketones is 1. The monoisotopic (exact) mass is 1360 g/mol. The fourth-order valence-corrected chi connectivity index (χ4v) is 14.7. The Hall–Kier alpha value is -6.24. The standard InChI is InChI=1S/C70H103N7O20/c1-39(2)63(76-58(80)23-26-90-28-29-91-27-25-77-59(81)21-22-60(77)82)68(85)75-52(8-7-24-72-69(71)86)67(84)74-44-12-10-42(11-13-44)38-92-70(87)73-37-51(89-6)34-50-32-43-31-45(78)33-49-18-20-55-65(96-49)64(83)62-61(66(62)97-55)53(79)35-47(88-5)15-16-48-30-41(4)54(94-48)19-17-46-14-9-40(3)56(93-46)36-57(43)95-50/h10-13,21-22,39,43,46-57,61-66,79,83H,3-4,7-9,14-20,23-38H2,1-2,5-6H3,(H,73,87)(H,74,84)(H,75,85)(H,76,80)(H3,71,72,86)/t43-,46-,47-,48+,49-,50+,51+,52+,53?,54+,55+,56-,57+,61-,62?,63+,64-,65?,66?/m1/s1. The van der Waals surface area contributed by atoms with Gasteiger partial charge in [-0.3, -0.25) is 33.7 Å². The van der Waals surface area contributed by atoms with Crippen molar-refractivity contribution in [1.29, 1.82) is 0 Å². The van der Waals surface area contributed by atoms with E-state index in [1.807, 2.05) is 0 Å². The van der Waals surface area contributed by atoms with E-state index in [9.17, 15) is 48.6 Å². The molecule has 27 heteroatoms. The molecule has 97 heavy (non-hydrogen) atoms. The van der Waals surface area contributed by atoms with Crippen LogP contribution < -0.4 is 32.3 Å². The molecule has 538 valence electrons. The Morgan fingerprint density at radius 3 is 2.18 bits per heavy atom. The molecule has 1 saturated carbocycles. The number of nitrogens with zero attached hydrogens (tertiary/aromatic N) is 1. The first-order valence-electron chi connectivity index (χ1n) is 34.8. The number of urea groups is 1. The average molecular weight is 1360 g/mol. The first kappa shape index (κ1) is 75.0. The van der Waals surface area contributed by atoms with Crippen molar-refractivity contribution >= 4 is 53.1 Å². The van der Waals surface area contributed by atoms with Crippen LogP contribution in [0.1, 0.15) is 135 Å². The van der Waals surface area contributed by atoms with Gasteiger partial charge in [0, 0.05) is 89.1 Å². The van der Waals surface area contributed by atoms with Gasteiger partial charge in [-0.15, -0.1) is 0 Å². The molecule has 9 N–H and O–H groups in total. The van der Waals surface area contributed by atoms with Crippen LogP contribution in [0.2, 0.25) is 0 Å². The number of hydrogen-bond acceptors (Lipinski definition) is 20. The summed E-state index contributed by atoms with van der Waals surface area (Å²) in [6.07, 6.45) is 6.20. The van der Waals surface area contributed by atoms with E-state index < -0.39 is 84.3 Å². The van der Waals surface area contributed by atoms with Crippen LogP contribution in [-0.4, -0.2) is 220 Å². The molecule has 0 radical (unpaired) electrons. The predicted molar refractivity (Wildman–Crippen MR) is 351 cm³/mol. The normalized spacial score (nSPS) is 31.5. The lowest BCUT2D eigenvalue weighted by Crippen LogP contribution is -2.54. The molecule has 1 aromatic rings. The molecular weight excluding hydrogens is 1260 g/mol. The van der Waals surface area contributed by atoms with E-state index in [-0.39, 0.29) is 169 Å². The number of nitrogens with one attached hydrogen (secondary N) is 5. The molecule has 1 aromatic carbocycles. The largest absolute Gasteiger partial charge is 0.445 e. The zero-order valence-electron chi connectivity index (χ0n) is 56.6. The lowest BCUT2D eigenvalue weighted by atomic mass is 9.85. The van der Waals surface area contributed by atoms with E-state index >= 15 is 0 Å². The number of alkyl carbamates (subject to hydrolysis) is 1. The second kappa shape index (κ2) is 36.2. The summed E-state index contributed by atoms with van der Waals surface area (Å²) in [5, 5.41) is 36.8. The number of carbonyl (C=O) groups excluding carboxylic acids is 8. The molecule has 19 atom stereocenters. The van der Waals surface area contributed by atoms with Crippen LogP contribution in [0, 0.1) is 23.7 Å². The summed E-state index contributed by atoms with van der Waals surface area (Å²) in [6, 6.07) is 3.72. The van der Waals surface area contributed by atoms with Crippen molar-refractivity contribution in [3.05, 3.63) is 66.3 Å². The number of rotatable bonds is 27. The number of aliphatic hydroxyl groups is 2. The number of Topliss-reactive ketones (excluding diaryl/α,β-unsaturated/α-hetero) is 1. The molecule has 7 bridgehead atoms.